The lowest BCUT2D eigenvalue weighted by Gasteiger charge is -2.20. The molecular weight excluding hydrogens is 418 g/mol. The van der Waals surface area contributed by atoms with Crippen LogP contribution < -0.4 is 15.4 Å². The highest BCUT2D eigenvalue weighted by Gasteiger charge is 2.17. The van der Waals surface area contributed by atoms with E-state index in [2.05, 4.69) is 26.1 Å². The molecule has 0 bridgehead atoms. The molecule has 1 fully saturated rings. The Kier molecular flexibility index (Phi) is 5.36. The summed E-state index contributed by atoms with van der Waals surface area (Å²) in [6.07, 6.45) is 2.40. The van der Waals surface area contributed by atoms with E-state index < -0.39 is 15.9 Å². The van der Waals surface area contributed by atoms with E-state index in [1.165, 1.54) is 36.7 Å². The number of carbonyl (C=O) groups is 1. The van der Waals surface area contributed by atoms with Crippen molar-refractivity contribution in [2.45, 2.75) is 24.7 Å². The van der Waals surface area contributed by atoms with Gasteiger partial charge in [0, 0.05) is 28.9 Å². The van der Waals surface area contributed by atoms with Gasteiger partial charge in [0.15, 0.2) is 0 Å². The van der Waals surface area contributed by atoms with Gasteiger partial charge in [-0.05, 0) is 77.7 Å². The monoisotopic (exact) mass is 437 g/mol. The molecule has 26 heavy (non-hydrogen) atoms. The number of rotatable bonds is 4. The van der Waals surface area contributed by atoms with Gasteiger partial charge in [-0.2, -0.15) is 0 Å². The van der Waals surface area contributed by atoms with Crippen molar-refractivity contribution in [1.82, 2.24) is 0 Å². The zero-order valence-electron chi connectivity index (χ0n) is 14.3. The number of hydrogen-bond donors (Lipinski definition) is 2. The smallest absolute Gasteiger partial charge is 0.256 e. The quantitative estimate of drug-likeness (QED) is 0.767. The Morgan fingerprint density at radius 3 is 2.46 bits per heavy atom. The van der Waals surface area contributed by atoms with E-state index in [0.29, 0.717) is 10.2 Å². The van der Waals surface area contributed by atoms with Gasteiger partial charge in [-0.1, -0.05) is 0 Å². The first kappa shape index (κ1) is 18.9. The van der Waals surface area contributed by atoms with Crippen molar-refractivity contribution in [3.63, 3.8) is 0 Å². The molecule has 138 valence electrons. The number of nitrogens with two attached hydrogens (primary N) is 1. The number of amides is 1. The average Bonchev–Trinajstić information content (AvgIpc) is 3.08. The minimum absolute atomic E-state index is 0.105. The Morgan fingerprint density at radius 1 is 1.15 bits per heavy atom. The Hall–Kier alpha value is -1.90. The van der Waals surface area contributed by atoms with Gasteiger partial charge in [-0.15, -0.1) is 0 Å². The van der Waals surface area contributed by atoms with E-state index >= 15 is 0 Å². The number of nitrogens with zero attached hydrogens (tertiary/aromatic N) is 1. The lowest BCUT2D eigenvalue weighted by molar-refractivity contribution is 0.102. The Labute approximate surface area is 161 Å². The van der Waals surface area contributed by atoms with Crippen LogP contribution in [0.1, 0.15) is 28.8 Å². The topological polar surface area (TPSA) is 92.5 Å². The lowest BCUT2D eigenvalue weighted by Crippen LogP contribution is -2.19. The Balaban J connectivity index is 1.83. The zero-order chi connectivity index (χ0) is 18.9. The van der Waals surface area contributed by atoms with E-state index in [-0.39, 0.29) is 10.5 Å². The minimum Gasteiger partial charge on any atom is -0.371 e. The first-order valence-electron chi connectivity index (χ1n) is 8.25. The number of nitrogens with one attached hydrogen (secondary N) is 1. The second-order valence-corrected chi connectivity index (χ2v) is 8.75. The summed E-state index contributed by atoms with van der Waals surface area (Å²) in [5.74, 6) is -0.407. The molecule has 0 atom stereocenters. The molecule has 0 aliphatic carbocycles. The summed E-state index contributed by atoms with van der Waals surface area (Å²) in [5, 5.41) is 7.96. The van der Waals surface area contributed by atoms with Crippen LogP contribution in [0, 0.1) is 6.92 Å². The summed E-state index contributed by atoms with van der Waals surface area (Å²) in [4.78, 5) is 14.8. The van der Waals surface area contributed by atoms with Crippen LogP contribution in [0.15, 0.2) is 45.8 Å². The molecule has 1 saturated heterocycles. The Bertz CT molecular complexity index is 954. The van der Waals surface area contributed by atoms with E-state index in [9.17, 15) is 13.2 Å². The van der Waals surface area contributed by atoms with Crippen LogP contribution in [-0.4, -0.2) is 27.4 Å². The lowest BCUT2D eigenvalue weighted by atomic mass is 10.1. The zero-order valence-corrected chi connectivity index (χ0v) is 16.7. The predicted molar refractivity (Wildman–Crippen MR) is 106 cm³/mol. The largest absolute Gasteiger partial charge is 0.371 e. The third-order valence-electron chi connectivity index (χ3n) is 4.41. The number of halogens is 1. The molecular formula is C18H20BrN3O3S. The maximum Gasteiger partial charge on any atom is 0.256 e. The molecule has 2 aromatic carbocycles. The van der Waals surface area contributed by atoms with Gasteiger partial charge in [-0.3, -0.25) is 4.79 Å². The maximum absolute atomic E-state index is 12.6. The minimum atomic E-state index is -3.88. The van der Waals surface area contributed by atoms with Crippen LogP contribution in [0.5, 0.6) is 0 Å². The third-order valence-corrected chi connectivity index (χ3v) is 6.01. The highest BCUT2D eigenvalue weighted by molar-refractivity contribution is 9.10. The average molecular weight is 438 g/mol. The fourth-order valence-electron chi connectivity index (χ4n) is 3.10. The van der Waals surface area contributed by atoms with Gasteiger partial charge < -0.3 is 10.2 Å². The number of hydrogen-bond acceptors (Lipinski definition) is 4. The summed E-state index contributed by atoms with van der Waals surface area (Å²) in [7, 11) is -3.88. The van der Waals surface area contributed by atoms with E-state index in [1.807, 2.05) is 25.1 Å². The number of anilines is 2. The van der Waals surface area contributed by atoms with Crippen LogP contribution in [-0.2, 0) is 10.0 Å². The molecule has 0 aromatic heterocycles. The molecule has 0 radical (unpaired) electrons. The fraction of sp³-hybridized carbons (Fsp3) is 0.278. The molecule has 6 nitrogen and oxygen atoms in total. The highest BCUT2D eigenvalue weighted by Crippen LogP contribution is 2.27. The van der Waals surface area contributed by atoms with E-state index in [1.54, 1.807) is 0 Å². The summed E-state index contributed by atoms with van der Waals surface area (Å²) in [6, 6.07) is 9.90. The van der Waals surface area contributed by atoms with Gasteiger partial charge in [0.05, 0.1) is 10.5 Å². The molecule has 1 heterocycles. The van der Waals surface area contributed by atoms with Crippen LogP contribution in [0.25, 0.3) is 0 Å². The third kappa shape index (κ3) is 4.08. The van der Waals surface area contributed by atoms with E-state index in [4.69, 9.17) is 5.14 Å². The second kappa shape index (κ2) is 7.38. The molecule has 3 rings (SSSR count). The summed E-state index contributed by atoms with van der Waals surface area (Å²) in [5.41, 5.74) is 3.13. The van der Waals surface area contributed by atoms with Crippen molar-refractivity contribution in [3.8, 4) is 0 Å². The Morgan fingerprint density at radius 2 is 1.85 bits per heavy atom. The van der Waals surface area contributed by atoms with Gasteiger partial charge in [0.2, 0.25) is 10.0 Å². The van der Waals surface area contributed by atoms with Crippen LogP contribution in [0.4, 0.5) is 11.4 Å². The number of carbonyl (C=O) groups excluding carboxylic acids is 1. The van der Waals surface area contributed by atoms with Crippen LogP contribution in [0.3, 0.4) is 0 Å². The van der Waals surface area contributed by atoms with Crippen molar-refractivity contribution >= 4 is 43.2 Å². The molecule has 3 N–H and O–H groups in total. The van der Waals surface area contributed by atoms with Crippen molar-refractivity contribution in [2.75, 3.05) is 23.3 Å². The summed E-state index contributed by atoms with van der Waals surface area (Å²) < 4.78 is 23.5. The molecule has 1 aliphatic rings. The molecule has 0 spiro atoms. The molecule has 0 saturated carbocycles. The molecule has 1 aliphatic heterocycles. The maximum atomic E-state index is 12.6. The molecule has 2 aromatic rings. The number of sulfonamides is 1. The van der Waals surface area contributed by atoms with Gasteiger partial charge in [-0.25, -0.2) is 13.6 Å². The summed E-state index contributed by atoms with van der Waals surface area (Å²) in [6.45, 7) is 4.13. The SMILES string of the molecule is Cc1cc(NC(=O)c2cc(S(N)(=O)=O)ccc2Br)ccc1N1CCCC1. The van der Waals surface area contributed by atoms with Crippen LogP contribution in [0.2, 0.25) is 0 Å². The van der Waals surface area contributed by atoms with E-state index in [0.717, 1.165) is 18.7 Å². The molecule has 8 heteroatoms. The molecule has 1 amide bonds. The van der Waals surface area contributed by atoms with Crippen molar-refractivity contribution in [1.29, 1.82) is 0 Å². The van der Waals surface area contributed by atoms with Crippen molar-refractivity contribution in [3.05, 3.63) is 52.0 Å². The molecule has 0 unspecified atom stereocenters. The fourth-order valence-corrected chi connectivity index (χ4v) is 4.07. The van der Waals surface area contributed by atoms with Crippen molar-refractivity contribution < 1.29 is 13.2 Å². The van der Waals surface area contributed by atoms with Gasteiger partial charge in [0.1, 0.15) is 0 Å². The normalized spacial score (nSPS) is 14.5. The number of benzene rings is 2. The first-order valence-corrected chi connectivity index (χ1v) is 10.6. The van der Waals surface area contributed by atoms with Crippen LogP contribution >= 0.6 is 15.9 Å². The van der Waals surface area contributed by atoms with Gasteiger partial charge in [0.25, 0.3) is 5.91 Å². The van der Waals surface area contributed by atoms with Crippen molar-refractivity contribution in [2.24, 2.45) is 5.14 Å². The standard InChI is InChI=1S/C18H20BrN3O3S/c1-12-10-13(4-7-17(12)22-8-2-3-9-22)21-18(23)15-11-14(26(20,24)25)5-6-16(15)19/h4-7,10-11H,2-3,8-9H2,1H3,(H,21,23)(H2,20,24,25). The van der Waals surface area contributed by atoms with Gasteiger partial charge >= 0.3 is 0 Å². The second-order valence-electron chi connectivity index (χ2n) is 6.34. The first-order chi connectivity index (χ1) is 12.3. The number of primary sulfonamides is 1. The number of aryl methyl sites for hydroxylation is 1. The predicted octanol–water partition coefficient (Wildman–Crippen LogP) is 3.26. The summed E-state index contributed by atoms with van der Waals surface area (Å²) >= 11 is 3.28. The highest BCUT2D eigenvalue weighted by atomic mass is 79.9.